The number of hydrogen-bond acceptors (Lipinski definition) is 2. The molecule has 0 aliphatic rings. The van der Waals surface area contributed by atoms with Gasteiger partial charge in [-0.15, -0.1) is 11.6 Å². The molecular formula is C2H7ClN2O2P-. The second-order valence-corrected chi connectivity index (χ2v) is 3.08. The zero-order valence-electron chi connectivity index (χ0n) is 4.13. The first-order valence-corrected chi connectivity index (χ1v) is 4.20. The van der Waals surface area contributed by atoms with Crippen molar-refractivity contribution < 1.29 is 9.46 Å². The van der Waals surface area contributed by atoms with Gasteiger partial charge in [-0.25, -0.2) is 0 Å². The lowest BCUT2D eigenvalue weighted by molar-refractivity contribution is -0.178. The van der Waals surface area contributed by atoms with Crippen molar-refractivity contribution >= 4 is 19.3 Å². The van der Waals surface area contributed by atoms with Crippen LogP contribution < -0.4 is 15.5 Å². The van der Waals surface area contributed by atoms with Crippen LogP contribution in [0.25, 0.3) is 0 Å². The molecule has 0 aliphatic carbocycles. The molecule has 1 unspecified atom stereocenters. The van der Waals surface area contributed by atoms with E-state index >= 15 is 0 Å². The molecule has 0 spiro atoms. The Morgan fingerprint density at radius 1 is 1.88 bits per heavy atom. The Labute approximate surface area is 52.6 Å². The molecule has 0 bridgehead atoms. The average Bonchev–Trinajstić information content (AvgIpc) is 1.59. The van der Waals surface area contributed by atoms with Gasteiger partial charge >= 0.3 is 0 Å². The van der Waals surface area contributed by atoms with Crippen LogP contribution in [-0.2, 0) is 4.57 Å². The topological polar surface area (TPSA) is 78.2 Å². The number of nitrogens with two attached hydrogens (primary N) is 1. The van der Waals surface area contributed by atoms with Gasteiger partial charge in [0.1, 0.15) is 7.67 Å². The van der Waals surface area contributed by atoms with E-state index in [1.54, 1.807) is 0 Å². The van der Waals surface area contributed by atoms with Crippen LogP contribution in [0.5, 0.6) is 0 Å². The predicted octanol–water partition coefficient (Wildman–Crippen LogP) is -0.758. The molecule has 0 saturated heterocycles. The number of nitrogens with one attached hydrogen (secondary N) is 1. The van der Waals surface area contributed by atoms with Gasteiger partial charge in [0.2, 0.25) is 0 Å². The Hall–Kier alpha value is 0.400. The monoisotopic (exact) mass is 157 g/mol. The molecule has 0 radical (unpaired) electrons. The van der Waals surface area contributed by atoms with Gasteiger partial charge < -0.3 is 9.46 Å². The van der Waals surface area contributed by atoms with Gasteiger partial charge in [-0.2, -0.15) is 0 Å². The van der Waals surface area contributed by atoms with Gasteiger partial charge in [0.25, 0.3) is 0 Å². The highest BCUT2D eigenvalue weighted by molar-refractivity contribution is 7.51. The zero-order chi connectivity index (χ0) is 6.62. The second-order valence-electron chi connectivity index (χ2n) is 1.19. The van der Waals surface area contributed by atoms with Crippen molar-refractivity contribution in [3.05, 3.63) is 0 Å². The minimum Gasteiger partial charge on any atom is -0.776 e. The van der Waals surface area contributed by atoms with Crippen molar-refractivity contribution in [2.75, 3.05) is 12.4 Å². The minimum atomic E-state index is -3.77. The van der Waals surface area contributed by atoms with Crippen LogP contribution in [0, 0.1) is 0 Å². The van der Waals surface area contributed by atoms with Gasteiger partial charge in [-0.3, -0.25) is 10.6 Å². The first kappa shape index (κ1) is 8.40. The van der Waals surface area contributed by atoms with Gasteiger partial charge in [-0.05, 0) is 0 Å². The van der Waals surface area contributed by atoms with Gasteiger partial charge in [-0.1, -0.05) is 0 Å². The second kappa shape index (κ2) is 3.43. The summed E-state index contributed by atoms with van der Waals surface area (Å²) in [4.78, 5) is 10.0. The molecule has 0 aromatic carbocycles. The number of alkyl halides is 1. The summed E-state index contributed by atoms with van der Waals surface area (Å²) in [6, 6.07) is 0. The lowest BCUT2D eigenvalue weighted by Gasteiger charge is -2.16. The van der Waals surface area contributed by atoms with Crippen molar-refractivity contribution in [2.24, 2.45) is 5.50 Å². The van der Waals surface area contributed by atoms with Crippen molar-refractivity contribution in [3.8, 4) is 0 Å². The van der Waals surface area contributed by atoms with Crippen LogP contribution in [0.2, 0.25) is 0 Å². The SMILES string of the molecule is NP(=O)([O-])NCCCl. The van der Waals surface area contributed by atoms with Crippen LogP contribution in [0.1, 0.15) is 0 Å². The first-order valence-electron chi connectivity index (χ1n) is 1.97. The van der Waals surface area contributed by atoms with Crippen LogP contribution in [-0.4, -0.2) is 12.4 Å². The Morgan fingerprint density at radius 2 is 2.38 bits per heavy atom. The van der Waals surface area contributed by atoms with E-state index < -0.39 is 7.67 Å². The molecule has 50 valence electrons. The molecule has 0 heterocycles. The predicted molar refractivity (Wildman–Crippen MR) is 30.5 cm³/mol. The fraction of sp³-hybridized carbons (Fsp3) is 1.00. The molecule has 0 rings (SSSR count). The van der Waals surface area contributed by atoms with E-state index in [0.717, 1.165) is 0 Å². The van der Waals surface area contributed by atoms with Gasteiger partial charge in [0, 0.05) is 12.4 Å². The molecule has 6 heteroatoms. The standard InChI is InChI=1S/C2H8ClN2O2P/c3-1-2-5-8(4,6)7/h1-2H2,(H4,4,5,6,7)/p-1. The zero-order valence-corrected chi connectivity index (χ0v) is 5.78. The summed E-state index contributed by atoms with van der Waals surface area (Å²) in [7, 11) is -3.77. The van der Waals surface area contributed by atoms with E-state index in [1.807, 2.05) is 5.09 Å². The summed E-state index contributed by atoms with van der Waals surface area (Å²) < 4.78 is 10.0. The molecule has 0 aromatic heterocycles. The number of hydrogen-bond donors (Lipinski definition) is 2. The average molecular weight is 158 g/mol. The van der Waals surface area contributed by atoms with Crippen LogP contribution >= 0.6 is 19.3 Å². The van der Waals surface area contributed by atoms with E-state index in [4.69, 9.17) is 11.6 Å². The van der Waals surface area contributed by atoms with Crippen molar-refractivity contribution in [1.29, 1.82) is 0 Å². The van der Waals surface area contributed by atoms with E-state index in [9.17, 15) is 9.46 Å². The summed E-state index contributed by atoms with van der Waals surface area (Å²) in [5.74, 6) is 0.240. The lowest BCUT2D eigenvalue weighted by atomic mass is 10.8. The molecule has 1 atom stereocenters. The highest BCUT2D eigenvalue weighted by Gasteiger charge is 1.93. The lowest BCUT2D eigenvalue weighted by Crippen LogP contribution is -2.26. The van der Waals surface area contributed by atoms with Crippen molar-refractivity contribution in [1.82, 2.24) is 5.09 Å². The van der Waals surface area contributed by atoms with Crippen molar-refractivity contribution in [2.45, 2.75) is 0 Å². The maximum atomic E-state index is 10.0. The van der Waals surface area contributed by atoms with E-state index in [0.29, 0.717) is 0 Å². The van der Waals surface area contributed by atoms with Crippen LogP contribution in [0.15, 0.2) is 0 Å². The Kier molecular flexibility index (Phi) is 3.60. The minimum absolute atomic E-state index is 0.193. The Balaban J connectivity index is 3.26. The molecule has 3 N–H and O–H groups in total. The molecule has 0 fully saturated rings. The summed E-state index contributed by atoms with van der Waals surface area (Å²) >= 11 is 5.13. The number of halogens is 1. The van der Waals surface area contributed by atoms with Gasteiger partial charge in [0.15, 0.2) is 0 Å². The summed E-state index contributed by atoms with van der Waals surface area (Å²) in [5, 5.41) is 2.02. The molecule has 4 nitrogen and oxygen atoms in total. The van der Waals surface area contributed by atoms with E-state index in [2.05, 4.69) is 5.50 Å². The number of rotatable bonds is 3. The highest BCUT2D eigenvalue weighted by atomic mass is 35.5. The molecule has 0 saturated carbocycles. The van der Waals surface area contributed by atoms with Gasteiger partial charge in [0.05, 0.1) is 0 Å². The maximum absolute atomic E-state index is 10.0. The smallest absolute Gasteiger partial charge is 0.140 e. The molecule has 8 heavy (non-hydrogen) atoms. The third-order valence-corrected chi connectivity index (χ3v) is 1.28. The first-order chi connectivity index (χ1) is 3.56. The van der Waals surface area contributed by atoms with Crippen molar-refractivity contribution in [3.63, 3.8) is 0 Å². The molecule has 0 amide bonds. The third-order valence-electron chi connectivity index (χ3n) is 0.427. The quantitative estimate of drug-likeness (QED) is 0.417. The molecule has 0 aliphatic heterocycles. The van der Waals surface area contributed by atoms with E-state index in [-0.39, 0.29) is 12.4 Å². The fourth-order valence-electron chi connectivity index (χ4n) is 0.198. The fourth-order valence-corrected chi connectivity index (χ4v) is 0.848. The van der Waals surface area contributed by atoms with E-state index in [1.165, 1.54) is 0 Å². The van der Waals surface area contributed by atoms with Crippen LogP contribution in [0.4, 0.5) is 0 Å². The molecular weight excluding hydrogens is 150 g/mol. The summed E-state index contributed by atoms with van der Waals surface area (Å²) in [6.45, 7) is 0.193. The largest absolute Gasteiger partial charge is 0.776 e. The summed E-state index contributed by atoms with van der Waals surface area (Å²) in [5.41, 5.74) is 4.55. The third kappa shape index (κ3) is 6.40. The maximum Gasteiger partial charge on any atom is 0.140 e. The molecule has 0 aromatic rings. The highest BCUT2D eigenvalue weighted by Crippen LogP contribution is 2.14. The van der Waals surface area contributed by atoms with Crippen LogP contribution in [0.3, 0.4) is 0 Å². The summed E-state index contributed by atoms with van der Waals surface area (Å²) in [6.07, 6.45) is 0. The Bertz CT molecular complexity index is 102. The normalized spacial score (nSPS) is 17.9. The Morgan fingerprint density at radius 3 is 2.50 bits per heavy atom.